The Hall–Kier alpha value is -4.15. The average Bonchev–Trinajstić information content (AvgIpc) is 3.03. The molecular weight excluding hydrogens is 613 g/mol. The van der Waals surface area contributed by atoms with Crippen LogP contribution >= 0.6 is 0 Å². The third-order valence-electron chi connectivity index (χ3n) is 7.65. The summed E-state index contributed by atoms with van der Waals surface area (Å²) in [5.74, 6) is -7.36. The zero-order valence-electron chi connectivity index (χ0n) is 24.9. The van der Waals surface area contributed by atoms with Gasteiger partial charge < -0.3 is 14.2 Å². The Morgan fingerprint density at radius 1 is 0.739 bits per heavy atom. The third kappa shape index (κ3) is 8.16. The molecule has 0 spiro atoms. The zero-order chi connectivity index (χ0) is 32.8. The molecule has 1 saturated heterocycles. The minimum Gasteiger partial charge on any atom is -0.429 e. The lowest BCUT2D eigenvalue weighted by atomic mass is 9.98. The summed E-state index contributed by atoms with van der Waals surface area (Å²) in [6.45, 7) is 3.46. The van der Waals surface area contributed by atoms with Gasteiger partial charge in [-0.3, -0.25) is 0 Å². The first-order chi connectivity index (χ1) is 22.0. The van der Waals surface area contributed by atoms with E-state index in [1.165, 1.54) is 37.1 Å². The molecule has 1 aliphatic heterocycles. The molecule has 0 aromatic heterocycles. The predicted molar refractivity (Wildman–Crippen MR) is 160 cm³/mol. The van der Waals surface area contributed by atoms with Gasteiger partial charge in [-0.2, -0.15) is 8.78 Å². The molecule has 0 amide bonds. The maximum absolute atomic E-state index is 15.2. The van der Waals surface area contributed by atoms with Crippen molar-refractivity contribution in [3.8, 4) is 28.0 Å². The highest BCUT2D eigenvalue weighted by Crippen LogP contribution is 2.33. The van der Waals surface area contributed by atoms with Gasteiger partial charge in [0, 0.05) is 40.8 Å². The molecule has 1 fully saturated rings. The van der Waals surface area contributed by atoms with Crippen LogP contribution in [0.25, 0.3) is 28.3 Å². The van der Waals surface area contributed by atoms with E-state index in [2.05, 4.69) is 11.7 Å². The van der Waals surface area contributed by atoms with Crippen LogP contribution in [-0.4, -0.2) is 19.3 Å². The summed E-state index contributed by atoms with van der Waals surface area (Å²) in [7, 11) is 0. The Kier molecular flexibility index (Phi) is 10.5. The fraction of sp³-hybridized carbons (Fsp3) is 0.278. The van der Waals surface area contributed by atoms with Crippen LogP contribution in [0.2, 0.25) is 0 Å². The number of alkyl halides is 2. The highest BCUT2D eigenvalue weighted by atomic mass is 19.3. The summed E-state index contributed by atoms with van der Waals surface area (Å²) in [5.41, 5.74) is 2.20. The van der Waals surface area contributed by atoms with Crippen LogP contribution in [-0.2, 0) is 9.47 Å². The largest absolute Gasteiger partial charge is 0.429 e. The predicted octanol–water partition coefficient (Wildman–Crippen LogP) is 10.6. The van der Waals surface area contributed by atoms with E-state index in [0.29, 0.717) is 30.8 Å². The number of rotatable bonds is 11. The van der Waals surface area contributed by atoms with Crippen molar-refractivity contribution in [2.45, 2.75) is 45.0 Å². The van der Waals surface area contributed by atoms with Crippen molar-refractivity contribution in [2.24, 2.45) is 5.92 Å². The average molecular weight is 645 g/mol. The number of ether oxygens (including phenoxy) is 3. The maximum Gasteiger partial charge on any atom is 0.419 e. The van der Waals surface area contributed by atoms with Gasteiger partial charge in [0.25, 0.3) is 0 Å². The van der Waals surface area contributed by atoms with Gasteiger partial charge in [0.1, 0.15) is 17.4 Å². The Labute approximate surface area is 262 Å². The maximum atomic E-state index is 15.2. The molecule has 0 radical (unpaired) electrons. The number of halogens is 7. The Bertz CT molecular complexity index is 1660. The summed E-state index contributed by atoms with van der Waals surface area (Å²) >= 11 is 0. The van der Waals surface area contributed by atoms with E-state index in [1.54, 1.807) is 6.07 Å². The van der Waals surface area contributed by atoms with E-state index in [1.807, 2.05) is 24.3 Å². The summed E-state index contributed by atoms with van der Waals surface area (Å²) in [6.07, 6.45) is 0.912. The standard InChI is InChI=1S/C36H31F7O3/c1-2-3-4-5-22-20-44-35(45-21-22)25-9-6-23(7-10-25)26-12-13-29(31(38)16-26)27-11-8-24(30(37)17-27)14-15-36(42,43)46-28-18-32(39)34(41)33(40)19-28/h6-19,22,35H,2-5,20-21H2,1H3. The number of benzene rings is 4. The Balaban J connectivity index is 1.22. The summed E-state index contributed by atoms with van der Waals surface area (Å²) < 4.78 is 114. The fourth-order valence-electron chi connectivity index (χ4n) is 5.15. The molecule has 0 bridgehead atoms. The van der Waals surface area contributed by atoms with Crippen LogP contribution in [0.5, 0.6) is 5.75 Å². The Morgan fingerprint density at radius 3 is 2.00 bits per heavy atom. The molecule has 0 saturated carbocycles. The summed E-state index contributed by atoms with van der Waals surface area (Å²) in [4.78, 5) is 0. The van der Waals surface area contributed by atoms with Gasteiger partial charge >= 0.3 is 6.11 Å². The lowest BCUT2D eigenvalue weighted by molar-refractivity contribution is -0.206. The second kappa shape index (κ2) is 14.5. The van der Waals surface area contributed by atoms with Crippen LogP contribution in [0, 0.1) is 35.0 Å². The van der Waals surface area contributed by atoms with Crippen LogP contribution < -0.4 is 4.74 Å². The molecule has 0 atom stereocenters. The SMILES string of the molecule is CCCCCC1COC(c2ccc(-c3ccc(-c4ccc(C=CC(F)(F)Oc5cc(F)c(F)c(F)c5)c(F)c4)c(F)c3)cc2)OC1. The minimum absolute atomic E-state index is 0.0984. The highest BCUT2D eigenvalue weighted by molar-refractivity contribution is 5.72. The molecule has 10 heteroatoms. The smallest absolute Gasteiger partial charge is 0.419 e. The minimum atomic E-state index is -4.12. The van der Waals surface area contributed by atoms with Crippen molar-refractivity contribution in [1.82, 2.24) is 0 Å². The van der Waals surface area contributed by atoms with Crippen LogP contribution in [0.1, 0.15) is 50.0 Å². The first-order valence-corrected chi connectivity index (χ1v) is 14.9. The van der Waals surface area contributed by atoms with Gasteiger partial charge in [-0.25, -0.2) is 22.0 Å². The second-order valence-electron chi connectivity index (χ2n) is 11.1. The van der Waals surface area contributed by atoms with Crippen molar-refractivity contribution in [3.05, 3.63) is 119 Å². The quantitative estimate of drug-likeness (QED) is 0.0924. The molecule has 0 N–H and O–H groups in total. The Morgan fingerprint density at radius 2 is 1.37 bits per heavy atom. The lowest BCUT2D eigenvalue weighted by Gasteiger charge is -2.29. The first-order valence-electron chi connectivity index (χ1n) is 14.9. The topological polar surface area (TPSA) is 27.7 Å². The van der Waals surface area contributed by atoms with Gasteiger partial charge in [0.15, 0.2) is 23.7 Å². The van der Waals surface area contributed by atoms with Crippen LogP contribution in [0.15, 0.2) is 78.9 Å². The molecule has 46 heavy (non-hydrogen) atoms. The van der Waals surface area contributed by atoms with Gasteiger partial charge in [0.2, 0.25) is 0 Å². The van der Waals surface area contributed by atoms with Crippen molar-refractivity contribution in [1.29, 1.82) is 0 Å². The summed E-state index contributed by atoms with van der Waals surface area (Å²) in [6, 6.07) is 16.0. The number of hydrogen-bond donors (Lipinski definition) is 0. The lowest BCUT2D eigenvalue weighted by Crippen LogP contribution is -2.27. The molecule has 4 aromatic rings. The zero-order valence-corrected chi connectivity index (χ0v) is 24.9. The van der Waals surface area contributed by atoms with Gasteiger partial charge in [0.05, 0.1) is 13.2 Å². The number of hydrogen-bond acceptors (Lipinski definition) is 3. The molecule has 0 unspecified atom stereocenters. The molecular formula is C36H31F7O3. The molecule has 1 heterocycles. The van der Waals surface area contributed by atoms with Crippen molar-refractivity contribution in [2.75, 3.05) is 13.2 Å². The molecule has 5 rings (SSSR count). The van der Waals surface area contributed by atoms with Crippen LogP contribution in [0.4, 0.5) is 30.7 Å². The highest BCUT2D eigenvalue weighted by Gasteiger charge is 2.29. The van der Waals surface area contributed by atoms with E-state index < -0.39 is 47.2 Å². The van der Waals surface area contributed by atoms with E-state index in [-0.39, 0.29) is 34.9 Å². The molecule has 0 aliphatic carbocycles. The van der Waals surface area contributed by atoms with Crippen molar-refractivity contribution < 1.29 is 44.9 Å². The fourth-order valence-corrected chi connectivity index (χ4v) is 5.15. The monoisotopic (exact) mass is 644 g/mol. The van der Waals surface area contributed by atoms with Crippen molar-refractivity contribution in [3.63, 3.8) is 0 Å². The first kappa shape index (κ1) is 33.2. The van der Waals surface area contributed by atoms with E-state index >= 15 is 4.39 Å². The molecule has 4 aromatic carbocycles. The van der Waals surface area contributed by atoms with E-state index in [9.17, 15) is 26.3 Å². The summed E-state index contributed by atoms with van der Waals surface area (Å²) in [5, 5.41) is 0. The second-order valence-corrected chi connectivity index (χ2v) is 11.1. The van der Waals surface area contributed by atoms with Crippen molar-refractivity contribution >= 4 is 6.08 Å². The van der Waals surface area contributed by atoms with Gasteiger partial charge in [-0.1, -0.05) is 74.7 Å². The van der Waals surface area contributed by atoms with E-state index in [0.717, 1.165) is 30.0 Å². The normalized spacial score (nSPS) is 17.0. The molecule has 3 nitrogen and oxygen atoms in total. The molecule has 242 valence electrons. The molecule has 1 aliphatic rings. The van der Waals surface area contributed by atoms with E-state index in [4.69, 9.17) is 9.47 Å². The third-order valence-corrected chi connectivity index (χ3v) is 7.65. The number of unbranched alkanes of at least 4 members (excludes halogenated alkanes) is 2. The van der Waals surface area contributed by atoms with Crippen LogP contribution in [0.3, 0.4) is 0 Å². The van der Waals surface area contributed by atoms with Gasteiger partial charge in [-0.15, -0.1) is 0 Å². The van der Waals surface area contributed by atoms with Gasteiger partial charge in [-0.05, 0) is 41.3 Å².